The van der Waals surface area contributed by atoms with Crippen LogP contribution < -0.4 is 0 Å². The fraction of sp³-hybridized carbons (Fsp3) is 0.450. The number of hydrogen-bond acceptors (Lipinski definition) is 4. The maximum Gasteiger partial charge on any atom is 0.416 e. The molecular weight excluding hydrogens is 387 g/mol. The highest BCUT2D eigenvalue weighted by Crippen LogP contribution is 2.42. The first kappa shape index (κ1) is 20.9. The topological polar surface area (TPSA) is 73.2 Å². The minimum atomic E-state index is -4.58. The number of aliphatic carboxylic acids is 1. The maximum atomic E-state index is 13.7. The van der Waals surface area contributed by atoms with Gasteiger partial charge in [-0.05, 0) is 42.9 Å². The van der Waals surface area contributed by atoms with Gasteiger partial charge in [0.25, 0.3) is 0 Å². The smallest absolute Gasteiger partial charge is 0.416 e. The Labute approximate surface area is 166 Å². The van der Waals surface area contributed by atoms with Crippen molar-refractivity contribution < 1.29 is 27.9 Å². The van der Waals surface area contributed by atoms with Crippen molar-refractivity contribution in [2.45, 2.75) is 39.0 Å². The van der Waals surface area contributed by atoms with Crippen LogP contribution >= 0.6 is 0 Å². The third-order valence-electron chi connectivity index (χ3n) is 5.55. The molecule has 1 aromatic rings. The van der Waals surface area contributed by atoms with E-state index >= 15 is 0 Å². The van der Waals surface area contributed by atoms with E-state index in [4.69, 9.17) is 5.11 Å². The summed E-state index contributed by atoms with van der Waals surface area (Å²) in [7, 11) is 0. The number of nitrogens with zero attached hydrogens (tertiary/aromatic N) is 3. The number of hydrazone groups is 1. The molecular formula is C20H22F3N3O3. The van der Waals surface area contributed by atoms with Gasteiger partial charge in [-0.2, -0.15) is 18.3 Å². The number of halogens is 3. The molecule has 1 aliphatic heterocycles. The normalized spacial score (nSPS) is 21.6. The number of alkyl halides is 3. The first-order valence-corrected chi connectivity index (χ1v) is 9.23. The zero-order valence-electron chi connectivity index (χ0n) is 15.9. The Bertz CT molecular complexity index is 866. The predicted octanol–water partition coefficient (Wildman–Crippen LogP) is 3.48. The van der Waals surface area contributed by atoms with Gasteiger partial charge in [0.15, 0.2) is 0 Å². The first-order chi connectivity index (χ1) is 13.6. The van der Waals surface area contributed by atoms with Gasteiger partial charge < -0.3 is 10.0 Å². The van der Waals surface area contributed by atoms with Crippen molar-refractivity contribution in [2.24, 2.45) is 16.9 Å². The van der Waals surface area contributed by atoms with Crippen LogP contribution in [0.2, 0.25) is 0 Å². The van der Waals surface area contributed by atoms with Gasteiger partial charge in [-0.3, -0.25) is 9.80 Å². The summed E-state index contributed by atoms with van der Waals surface area (Å²) in [5.41, 5.74) is -0.473. The van der Waals surface area contributed by atoms with Gasteiger partial charge in [0.1, 0.15) is 0 Å². The Morgan fingerprint density at radius 2 is 2.14 bits per heavy atom. The third kappa shape index (κ3) is 4.44. The number of benzene rings is 1. The fourth-order valence-corrected chi connectivity index (χ4v) is 3.79. The Kier molecular flexibility index (Phi) is 5.68. The highest BCUT2D eigenvalue weighted by atomic mass is 19.4. The van der Waals surface area contributed by atoms with Gasteiger partial charge in [-0.1, -0.05) is 12.1 Å². The summed E-state index contributed by atoms with van der Waals surface area (Å²) in [4.78, 5) is 24.8. The number of carbonyl (C=O) groups is 2. The van der Waals surface area contributed by atoms with Crippen molar-refractivity contribution in [1.29, 1.82) is 0 Å². The summed E-state index contributed by atoms with van der Waals surface area (Å²) in [5, 5.41) is 13.8. The zero-order chi connectivity index (χ0) is 21.3. The second kappa shape index (κ2) is 7.88. The number of likely N-dealkylation sites (tertiary alicyclic amines) is 1. The SMILES string of the molecule is C=NN(/C=C(\C)C(=O)O)Cc1ccc(CN2CC3CCC3C2=O)c(C(F)(F)F)c1. The number of carbonyl (C=O) groups excluding carboxylic acids is 1. The quantitative estimate of drug-likeness (QED) is 0.425. The van der Waals surface area contributed by atoms with Crippen LogP contribution in [0.3, 0.4) is 0 Å². The molecule has 2 aliphatic rings. The molecule has 1 saturated heterocycles. The van der Waals surface area contributed by atoms with Gasteiger partial charge >= 0.3 is 12.1 Å². The lowest BCUT2D eigenvalue weighted by atomic mass is 9.76. The Hall–Kier alpha value is -2.84. The van der Waals surface area contributed by atoms with Gasteiger partial charge in [-0.15, -0.1) is 0 Å². The lowest BCUT2D eigenvalue weighted by molar-refractivity contribution is -0.140. The molecule has 1 aliphatic carbocycles. The molecule has 1 saturated carbocycles. The molecule has 1 amide bonds. The standard InChI is InChI=1S/C20H22F3N3O3/c1-12(19(28)29)8-26(24-2)9-13-3-4-15(17(7-13)20(21,22)23)11-25-10-14-5-6-16(14)18(25)27/h3-4,7-8,14,16H,2,5-6,9-11H2,1H3,(H,28,29)/b12-8+. The number of amides is 1. The van der Waals surface area contributed by atoms with Crippen LogP contribution in [-0.2, 0) is 28.9 Å². The van der Waals surface area contributed by atoms with Crippen LogP contribution in [-0.4, -0.2) is 40.2 Å². The molecule has 6 nitrogen and oxygen atoms in total. The van der Waals surface area contributed by atoms with E-state index in [1.54, 1.807) is 0 Å². The number of carboxylic acid groups (broad SMARTS) is 1. The average molecular weight is 409 g/mol. The van der Waals surface area contributed by atoms with Crippen LogP contribution in [0, 0.1) is 11.8 Å². The molecule has 0 radical (unpaired) electrons. The second-order valence-electron chi connectivity index (χ2n) is 7.51. The Morgan fingerprint density at radius 3 is 2.62 bits per heavy atom. The van der Waals surface area contributed by atoms with Crippen molar-refractivity contribution in [3.8, 4) is 0 Å². The summed E-state index contributed by atoms with van der Waals surface area (Å²) in [5.74, 6) is -0.975. The molecule has 1 N–H and O–H groups in total. The molecule has 0 bridgehead atoms. The van der Waals surface area contributed by atoms with Crippen LogP contribution in [0.15, 0.2) is 35.1 Å². The Balaban J connectivity index is 1.82. The number of hydrogen-bond donors (Lipinski definition) is 1. The lowest BCUT2D eigenvalue weighted by Crippen LogP contribution is -2.29. The molecule has 2 atom stereocenters. The van der Waals surface area contributed by atoms with Gasteiger partial charge in [-0.25, -0.2) is 4.79 Å². The molecule has 2 fully saturated rings. The number of fused-ring (bicyclic) bond motifs is 1. The molecule has 1 heterocycles. The summed E-state index contributed by atoms with van der Waals surface area (Å²) in [6.45, 7) is 5.06. The van der Waals surface area contributed by atoms with Crippen molar-refractivity contribution in [2.75, 3.05) is 6.54 Å². The Morgan fingerprint density at radius 1 is 1.41 bits per heavy atom. The minimum absolute atomic E-state index is 0.0211. The molecule has 3 rings (SSSR count). The van der Waals surface area contributed by atoms with Gasteiger partial charge in [0, 0.05) is 31.9 Å². The van der Waals surface area contributed by atoms with E-state index in [1.807, 2.05) is 0 Å². The zero-order valence-corrected chi connectivity index (χ0v) is 15.9. The van der Waals surface area contributed by atoms with E-state index in [0.717, 1.165) is 18.9 Å². The van der Waals surface area contributed by atoms with Crippen molar-refractivity contribution in [3.63, 3.8) is 0 Å². The number of rotatable bonds is 7. The highest BCUT2D eigenvalue weighted by molar-refractivity contribution is 5.85. The molecule has 0 spiro atoms. The molecule has 0 aromatic heterocycles. The minimum Gasteiger partial charge on any atom is -0.478 e. The largest absolute Gasteiger partial charge is 0.478 e. The fourth-order valence-electron chi connectivity index (χ4n) is 3.79. The summed E-state index contributed by atoms with van der Waals surface area (Å²) < 4.78 is 41.0. The van der Waals surface area contributed by atoms with Crippen LogP contribution in [0.5, 0.6) is 0 Å². The van der Waals surface area contributed by atoms with Crippen LogP contribution in [0.1, 0.15) is 36.5 Å². The lowest BCUT2D eigenvalue weighted by Gasteiger charge is -2.25. The molecule has 9 heteroatoms. The van der Waals surface area contributed by atoms with Gasteiger partial charge in [0.05, 0.1) is 17.7 Å². The van der Waals surface area contributed by atoms with Crippen LogP contribution in [0.4, 0.5) is 13.2 Å². The summed E-state index contributed by atoms with van der Waals surface area (Å²) in [6, 6.07) is 3.93. The summed E-state index contributed by atoms with van der Waals surface area (Å²) >= 11 is 0. The molecule has 156 valence electrons. The average Bonchev–Trinajstić information content (AvgIpc) is 2.83. The first-order valence-electron chi connectivity index (χ1n) is 9.23. The van der Waals surface area contributed by atoms with Crippen molar-refractivity contribution in [3.05, 3.63) is 46.7 Å². The molecule has 29 heavy (non-hydrogen) atoms. The third-order valence-corrected chi connectivity index (χ3v) is 5.55. The van der Waals surface area contributed by atoms with E-state index in [-0.39, 0.29) is 42.0 Å². The van der Waals surface area contributed by atoms with Crippen molar-refractivity contribution >= 4 is 18.6 Å². The van der Waals surface area contributed by atoms with E-state index in [0.29, 0.717) is 12.1 Å². The highest BCUT2D eigenvalue weighted by Gasteiger charge is 2.46. The van der Waals surface area contributed by atoms with Gasteiger partial charge in [0.2, 0.25) is 5.91 Å². The van der Waals surface area contributed by atoms with E-state index < -0.39 is 17.7 Å². The second-order valence-corrected chi connectivity index (χ2v) is 7.51. The maximum absolute atomic E-state index is 13.7. The monoisotopic (exact) mass is 409 g/mol. The predicted molar refractivity (Wildman–Crippen MR) is 99.6 cm³/mol. The van der Waals surface area contributed by atoms with E-state index in [2.05, 4.69) is 11.8 Å². The summed E-state index contributed by atoms with van der Waals surface area (Å²) in [6.07, 6.45) is -1.61. The number of carboxylic acids is 1. The van der Waals surface area contributed by atoms with E-state index in [9.17, 15) is 22.8 Å². The van der Waals surface area contributed by atoms with Crippen molar-refractivity contribution in [1.82, 2.24) is 9.91 Å². The van der Waals surface area contributed by atoms with Crippen LogP contribution in [0.25, 0.3) is 0 Å². The molecule has 2 unspecified atom stereocenters. The van der Waals surface area contributed by atoms with E-state index in [1.165, 1.54) is 35.2 Å². The molecule has 1 aromatic carbocycles.